The largest absolute Gasteiger partial charge is 0.493 e. The van der Waals surface area contributed by atoms with Gasteiger partial charge in [-0.15, -0.1) is 12.4 Å². The Hall–Kier alpha value is -1.46. The number of hydrogen-bond acceptors (Lipinski definition) is 4. The Morgan fingerprint density at radius 2 is 1.88 bits per heavy atom. The van der Waals surface area contributed by atoms with Crippen LogP contribution in [-0.4, -0.2) is 26.2 Å². The van der Waals surface area contributed by atoms with Gasteiger partial charge in [-0.05, 0) is 19.1 Å². The Kier molecular flexibility index (Phi) is 6.38. The van der Waals surface area contributed by atoms with E-state index in [-0.39, 0.29) is 18.3 Å². The molecule has 1 amide bonds. The minimum atomic E-state index is -0.548. The minimum absolute atomic E-state index is 0. The van der Waals surface area contributed by atoms with Crippen molar-refractivity contribution in [2.75, 3.05) is 19.5 Å². The van der Waals surface area contributed by atoms with Crippen molar-refractivity contribution in [1.82, 2.24) is 0 Å². The van der Waals surface area contributed by atoms with Crippen molar-refractivity contribution >= 4 is 24.0 Å². The maximum atomic E-state index is 11.4. The fraction of sp³-hybridized carbons (Fsp3) is 0.364. The molecule has 96 valence electrons. The summed E-state index contributed by atoms with van der Waals surface area (Å²) in [5.41, 5.74) is 6.07. The number of anilines is 1. The lowest BCUT2D eigenvalue weighted by Gasteiger charge is -2.11. The van der Waals surface area contributed by atoms with Gasteiger partial charge >= 0.3 is 0 Å². The van der Waals surface area contributed by atoms with E-state index in [2.05, 4.69) is 5.32 Å². The van der Waals surface area contributed by atoms with Gasteiger partial charge in [-0.25, -0.2) is 0 Å². The van der Waals surface area contributed by atoms with E-state index in [1.54, 1.807) is 32.2 Å². The summed E-state index contributed by atoms with van der Waals surface area (Å²) in [4.78, 5) is 11.4. The quantitative estimate of drug-likeness (QED) is 0.859. The normalized spacial score (nSPS) is 11.1. The van der Waals surface area contributed by atoms with Crippen molar-refractivity contribution < 1.29 is 14.3 Å². The lowest BCUT2D eigenvalue weighted by molar-refractivity contribution is -0.117. The van der Waals surface area contributed by atoms with E-state index in [9.17, 15) is 4.79 Å². The van der Waals surface area contributed by atoms with Gasteiger partial charge in [0.1, 0.15) is 0 Å². The molecule has 0 fully saturated rings. The number of ether oxygens (including phenoxy) is 2. The smallest absolute Gasteiger partial charge is 0.241 e. The predicted molar refractivity (Wildman–Crippen MR) is 69.1 cm³/mol. The van der Waals surface area contributed by atoms with Crippen LogP contribution in [-0.2, 0) is 4.79 Å². The molecule has 0 heterocycles. The van der Waals surface area contributed by atoms with E-state index in [1.165, 1.54) is 7.11 Å². The van der Waals surface area contributed by atoms with Gasteiger partial charge in [-0.3, -0.25) is 4.79 Å². The number of hydrogen-bond donors (Lipinski definition) is 2. The molecule has 0 radical (unpaired) electrons. The molecule has 17 heavy (non-hydrogen) atoms. The summed E-state index contributed by atoms with van der Waals surface area (Å²) in [6.07, 6.45) is 0. The van der Waals surface area contributed by atoms with E-state index in [1.807, 2.05) is 0 Å². The summed E-state index contributed by atoms with van der Waals surface area (Å²) < 4.78 is 10.2. The third-order valence-electron chi connectivity index (χ3n) is 2.06. The first-order chi connectivity index (χ1) is 7.58. The highest BCUT2D eigenvalue weighted by atomic mass is 35.5. The number of rotatable bonds is 4. The van der Waals surface area contributed by atoms with Gasteiger partial charge in [0, 0.05) is 11.8 Å². The third kappa shape index (κ3) is 4.13. The van der Waals surface area contributed by atoms with Crippen LogP contribution in [0.4, 0.5) is 5.69 Å². The molecular formula is C11H17ClN2O3. The Labute approximate surface area is 107 Å². The Bertz CT molecular complexity index is 383. The maximum Gasteiger partial charge on any atom is 0.241 e. The van der Waals surface area contributed by atoms with Crippen LogP contribution < -0.4 is 20.5 Å². The van der Waals surface area contributed by atoms with E-state index in [0.29, 0.717) is 17.2 Å². The Balaban J connectivity index is 0.00000256. The SMILES string of the molecule is COc1ccc(NC(=O)[C@H](C)N)cc1OC.Cl. The fourth-order valence-corrected chi connectivity index (χ4v) is 1.17. The van der Waals surface area contributed by atoms with E-state index < -0.39 is 6.04 Å². The van der Waals surface area contributed by atoms with Crippen LogP contribution in [0.15, 0.2) is 18.2 Å². The summed E-state index contributed by atoms with van der Waals surface area (Å²) in [6, 6.07) is 4.57. The monoisotopic (exact) mass is 260 g/mol. The number of nitrogens with one attached hydrogen (secondary N) is 1. The zero-order chi connectivity index (χ0) is 12.1. The molecule has 1 rings (SSSR count). The molecule has 0 saturated heterocycles. The maximum absolute atomic E-state index is 11.4. The van der Waals surface area contributed by atoms with Gasteiger partial charge in [0.25, 0.3) is 0 Å². The van der Waals surface area contributed by atoms with Crippen LogP contribution in [0.5, 0.6) is 11.5 Å². The molecule has 0 bridgehead atoms. The second-order valence-corrected chi connectivity index (χ2v) is 3.35. The molecule has 0 aliphatic rings. The van der Waals surface area contributed by atoms with Crippen LogP contribution in [0.3, 0.4) is 0 Å². The van der Waals surface area contributed by atoms with Crippen LogP contribution in [0.1, 0.15) is 6.92 Å². The molecule has 1 aromatic rings. The van der Waals surface area contributed by atoms with Gasteiger partial charge in [-0.2, -0.15) is 0 Å². The summed E-state index contributed by atoms with van der Waals surface area (Å²) in [6.45, 7) is 1.62. The second kappa shape index (κ2) is 6.98. The van der Waals surface area contributed by atoms with Crippen molar-refractivity contribution in [3.05, 3.63) is 18.2 Å². The van der Waals surface area contributed by atoms with Crippen LogP contribution in [0.2, 0.25) is 0 Å². The molecule has 0 aromatic heterocycles. The summed E-state index contributed by atoms with van der Waals surface area (Å²) in [5.74, 6) is 0.929. The van der Waals surface area contributed by atoms with E-state index >= 15 is 0 Å². The molecule has 0 spiro atoms. The number of carbonyl (C=O) groups is 1. The number of methoxy groups -OCH3 is 2. The number of halogens is 1. The summed E-state index contributed by atoms with van der Waals surface area (Å²) in [5, 5.41) is 2.67. The molecule has 0 saturated carbocycles. The predicted octanol–water partition coefficient (Wildman–Crippen LogP) is 1.41. The van der Waals surface area contributed by atoms with Crippen molar-refractivity contribution in [3.63, 3.8) is 0 Å². The lowest BCUT2D eigenvalue weighted by Crippen LogP contribution is -2.32. The molecule has 1 atom stereocenters. The highest BCUT2D eigenvalue weighted by Gasteiger charge is 2.09. The first-order valence-corrected chi connectivity index (χ1v) is 4.87. The van der Waals surface area contributed by atoms with Gasteiger partial charge in [0.15, 0.2) is 11.5 Å². The number of carbonyl (C=O) groups excluding carboxylic acids is 1. The molecular weight excluding hydrogens is 244 g/mol. The fourth-order valence-electron chi connectivity index (χ4n) is 1.17. The lowest BCUT2D eigenvalue weighted by atomic mass is 10.2. The minimum Gasteiger partial charge on any atom is -0.493 e. The second-order valence-electron chi connectivity index (χ2n) is 3.35. The standard InChI is InChI=1S/C11H16N2O3.ClH/c1-7(12)11(14)13-8-4-5-9(15-2)10(6-8)16-3;/h4-7H,12H2,1-3H3,(H,13,14);1H/t7-;/m0./s1. The topological polar surface area (TPSA) is 73.6 Å². The van der Waals surface area contributed by atoms with Crippen molar-refractivity contribution in [3.8, 4) is 11.5 Å². The van der Waals surface area contributed by atoms with Gasteiger partial charge in [-0.1, -0.05) is 0 Å². The van der Waals surface area contributed by atoms with Gasteiger partial charge in [0.2, 0.25) is 5.91 Å². The zero-order valence-corrected chi connectivity index (χ0v) is 10.8. The van der Waals surface area contributed by atoms with Gasteiger partial charge in [0.05, 0.1) is 20.3 Å². The molecule has 5 nitrogen and oxygen atoms in total. The van der Waals surface area contributed by atoms with E-state index in [4.69, 9.17) is 15.2 Å². The number of amides is 1. The number of nitrogens with two attached hydrogens (primary N) is 1. The molecule has 3 N–H and O–H groups in total. The van der Waals surface area contributed by atoms with Crippen LogP contribution >= 0.6 is 12.4 Å². The Morgan fingerprint density at radius 3 is 2.35 bits per heavy atom. The Morgan fingerprint density at radius 1 is 1.29 bits per heavy atom. The highest BCUT2D eigenvalue weighted by Crippen LogP contribution is 2.29. The highest BCUT2D eigenvalue weighted by molar-refractivity contribution is 5.94. The summed E-state index contributed by atoms with van der Waals surface area (Å²) >= 11 is 0. The third-order valence-corrected chi connectivity index (χ3v) is 2.06. The number of benzene rings is 1. The molecule has 0 aliphatic heterocycles. The first-order valence-electron chi connectivity index (χ1n) is 4.87. The van der Waals surface area contributed by atoms with Crippen molar-refractivity contribution in [2.24, 2.45) is 5.73 Å². The molecule has 0 unspecified atom stereocenters. The van der Waals surface area contributed by atoms with E-state index in [0.717, 1.165) is 0 Å². The van der Waals surface area contributed by atoms with Crippen molar-refractivity contribution in [2.45, 2.75) is 13.0 Å². The molecule has 6 heteroatoms. The average molecular weight is 261 g/mol. The van der Waals surface area contributed by atoms with Crippen LogP contribution in [0, 0.1) is 0 Å². The summed E-state index contributed by atoms with van der Waals surface area (Å²) in [7, 11) is 3.09. The van der Waals surface area contributed by atoms with Crippen LogP contribution in [0.25, 0.3) is 0 Å². The molecule has 0 aliphatic carbocycles. The molecule has 1 aromatic carbocycles. The van der Waals surface area contributed by atoms with Gasteiger partial charge < -0.3 is 20.5 Å². The average Bonchev–Trinajstić information content (AvgIpc) is 2.28. The van der Waals surface area contributed by atoms with Crippen molar-refractivity contribution in [1.29, 1.82) is 0 Å². The first kappa shape index (κ1) is 15.5. The zero-order valence-electron chi connectivity index (χ0n) is 10.0.